The van der Waals surface area contributed by atoms with Gasteiger partial charge < -0.3 is 20.1 Å². The number of hydrogen-bond acceptors (Lipinski definition) is 5. The molecule has 0 bridgehead atoms. The van der Waals surface area contributed by atoms with E-state index in [4.69, 9.17) is 21.4 Å². The molecule has 1 aromatic heterocycles. The first kappa shape index (κ1) is 16.3. The molecule has 22 heavy (non-hydrogen) atoms. The van der Waals surface area contributed by atoms with Gasteiger partial charge in [0, 0.05) is 0 Å². The minimum absolute atomic E-state index is 0.0181. The van der Waals surface area contributed by atoms with Crippen molar-refractivity contribution < 1.29 is 29.6 Å². The molecule has 3 N–H and O–H groups in total. The van der Waals surface area contributed by atoms with Crippen LogP contribution in [0.25, 0.3) is 10.4 Å². The van der Waals surface area contributed by atoms with Crippen LogP contribution in [0.15, 0.2) is 24.3 Å². The van der Waals surface area contributed by atoms with Gasteiger partial charge in [-0.3, -0.25) is 0 Å². The number of carboxylic acid groups (broad SMARTS) is 2. The molecule has 0 saturated carbocycles. The average molecular weight is 343 g/mol. The van der Waals surface area contributed by atoms with Gasteiger partial charge in [-0.1, -0.05) is 35.9 Å². The fourth-order valence-corrected chi connectivity index (χ4v) is 3.31. The standard InChI is InChI=1S/C14H11ClO6S/c15-10-11(21-6-9(17)18)13(14(19)20)22-12(10)8-4-2-1-3-7(8)5-16/h1-4,16H,5-6H2,(H,17,18)(H,19,20). The lowest BCUT2D eigenvalue weighted by atomic mass is 10.1. The molecule has 8 heteroatoms. The molecule has 2 aromatic rings. The molecule has 6 nitrogen and oxygen atoms in total. The number of aliphatic carboxylic acids is 1. The van der Waals surface area contributed by atoms with Crippen molar-refractivity contribution in [2.24, 2.45) is 0 Å². The second-order valence-corrected chi connectivity index (χ2v) is 5.60. The monoisotopic (exact) mass is 342 g/mol. The molecule has 116 valence electrons. The van der Waals surface area contributed by atoms with Crippen LogP contribution in [0, 0.1) is 0 Å². The molecule has 2 rings (SSSR count). The predicted octanol–water partition coefficient (Wildman–Crippen LogP) is 2.72. The third-order valence-corrected chi connectivity index (χ3v) is 4.44. The summed E-state index contributed by atoms with van der Waals surface area (Å²) in [5.74, 6) is -2.68. The number of aromatic carboxylic acids is 1. The highest BCUT2D eigenvalue weighted by atomic mass is 35.5. The van der Waals surface area contributed by atoms with Gasteiger partial charge in [0.25, 0.3) is 0 Å². The van der Waals surface area contributed by atoms with Gasteiger partial charge in [-0.2, -0.15) is 0 Å². The number of halogens is 1. The van der Waals surface area contributed by atoms with Crippen molar-refractivity contribution in [1.82, 2.24) is 0 Å². The molecule has 0 saturated heterocycles. The van der Waals surface area contributed by atoms with E-state index in [1.165, 1.54) is 0 Å². The Bertz CT molecular complexity index is 724. The minimum Gasteiger partial charge on any atom is -0.479 e. The molecule has 0 radical (unpaired) electrons. The molecule has 0 aliphatic heterocycles. The second-order valence-electron chi connectivity index (χ2n) is 4.21. The summed E-state index contributed by atoms with van der Waals surface area (Å²) in [5.41, 5.74) is 1.15. The second kappa shape index (κ2) is 6.78. The lowest BCUT2D eigenvalue weighted by molar-refractivity contribution is -0.139. The number of aliphatic hydroxyl groups excluding tert-OH is 1. The van der Waals surface area contributed by atoms with Crippen LogP contribution in [-0.4, -0.2) is 33.9 Å². The summed E-state index contributed by atoms with van der Waals surface area (Å²) < 4.78 is 5.00. The quantitative estimate of drug-likeness (QED) is 0.745. The number of aliphatic hydroxyl groups is 1. The zero-order valence-corrected chi connectivity index (χ0v) is 12.6. The van der Waals surface area contributed by atoms with Crippen molar-refractivity contribution in [2.75, 3.05) is 6.61 Å². The molecule has 0 aliphatic carbocycles. The smallest absolute Gasteiger partial charge is 0.349 e. The lowest BCUT2D eigenvalue weighted by Crippen LogP contribution is -2.10. The first-order valence-corrected chi connectivity index (χ1v) is 7.24. The summed E-state index contributed by atoms with van der Waals surface area (Å²) in [7, 11) is 0. The zero-order valence-electron chi connectivity index (χ0n) is 11.1. The van der Waals surface area contributed by atoms with E-state index in [2.05, 4.69) is 0 Å². The highest BCUT2D eigenvalue weighted by Gasteiger charge is 2.25. The average Bonchev–Trinajstić information content (AvgIpc) is 2.82. The highest BCUT2D eigenvalue weighted by molar-refractivity contribution is 7.18. The molecule has 1 heterocycles. The number of hydrogen-bond donors (Lipinski definition) is 3. The highest BCUT2D eigenvalue weighted by Crippen LogP contribution is 2.46. The number of benzene rings is 1. The topological polar surface area (TPSA) is 104 Å². The van der Waals surface area contributed by atoms with Crippen LogP contribution in [0.3, 0.4) is 0 Å². The van der Waals surface area contributed by atoms with Gasteiger partial charge in [0.15, 0.2) is 17.2 Å². The minimum atomic E-state index is -1.26. The van der Waals surface area contributed by atoms with Gasteiger partial charge in [-0.25, -0.2) is 9.59 Å². The maximum Gasteiger partial charge on any atom is 0.349 e. The summed E-state index contributed by atoms with van der Waals surface area (Å²) in [6, 6.07) is 6.83. The fraction of sp³-hybridized carbons (Fsp3) is 0.143. The summed E-state index contributed by atoms with van der Waals surface area (Å²) in [4.78, 5) is 22.1. The van der Waals surface area contributed by atoms with E-state index >= 15 is 0 Å². The summed E-state index contributed by atoms with van der Waals surface area (Å²) in [6.07, 6.45) is 0. The number of thiophene rings is 1. The molecule has 0 aliphatic rings. The first-order valence-electron chi connectivity index (χ1n) is 6.05. The Labute approximate surface area is 134 Å². The maximum atomic E-state index is 11.3. The van der Waals surface area contributed by atoms with Crippen LogP contribution >= 0.6 is 22.9 Å². The van der Waals surface area contributed by atoms with E-state index in [0.717, 1.165) is 11.3 Å². The van der Waals surface area contributed by atoms with Gasteiger partial charge in [0.05, 0.1) is 11.5 Å². The molecule has 0 fully saturated rings. The van der Waals surface area contributed by atoms with Gasteiger partial charge in [0.2, 0.25) is 0 Å². The van der Waals surface area contributed by atoms with Gasteiger partial charge in [-0.15, -0.1) is 11.3 Å². The molecule has 0 unspecified atom stereocenters. The Hall–Kier alpha value is -2.09. The van der Waals surface area contributed by atoms with Crippen molar-refractivity contribution in [1.29, 1.82) is 0 Å². The van der Waals surface area contributed by atoms with Crippen molar-refractivity contribution in [3.63, 3.8) is 0 Å². The van der Waals surface area contributed by atoms with Gasteiger partial charge in [0.1, 0.15) is 5.02 Å². The molecular weight excluding hydrogens is 332 g/mol. The maximum absolute atomic E-state index is 11.3. The number of carbonyl (C=O) groups is 2. The Kier molecular flexibility index (Phi) is 5.02. The third-order valence-electron chi connectivity index (χ3n) is 2.78. The first-order chi connectivity index (χ1) is 10.5. The number of carboxylic acids is 2. The normalized spacial score (nSPS) is 10.5. The largest absolute Gasteiger partial charge is 0.479 e. The molecule has 0 spiro atoms. The lowest BCUT2D eigenvalue weighted by Gasteiger charge is -2.06. The predicted molar refractivity (Wildman–Crippen MR) is 80.8 cm³/mol. The third kappa shape index (κ3) is 3.22. The van der Waals surface area contributed by atoms with Crippen molar-refractivity contribution in [3.05, 3.63) is 39.7 Å². The van der Waals surface area contributed by atoms with Crippen LogP contribution in [0.1, 0.15) is 15.2 Å². The number of ether oxygens (including phenoxy) is 1. The van der Waals surface area contributed by atoms with E-state index in [1.54, 1.807) is 24.3 Å². The van der Waals surface area contributed by atoms with Crippen LogP contribution in [-0.2, 0) is 11.4 Å². The molecule has 0 amide bonds. The van der Waals surface area contributed by atoms with Gasteiger partial charge >= 0.3 is 11.9 Å². The van der Waals surface area contributed by atoms with E-state index in [0.29, 0.717) is 16.0 Å². The Morgan fingerprint density at radius 1 is 1.23 bits per heavy atom. The Morgan fingerprint density at radius 3 is 2.50 bits per heavy atom. The van der Waals surface area contributed by atoms with Crippen LogP contribution < -0.4 is 4.74 Å². The van der Waals surface area contributed by atoms with Crippen molar-refractivity contribution in [2.45, 2.75) is 6.61 Å². The van der Waals surface area contributed by atoms with Crippen molar-refractivity contribution in [3.8, 4) is 16.2 Å². The van der Waals surface area contributed by atoms with E-state index in [1.807, 2.05) is 0 Å². The van der Waals surface area contributed by atoms with E-state index in [-0.39, 0.29) is 22.3 Å². The zero-order chi connectivity index (χ0) is 16.3. The van der Waals surface area contributed by atoms with Crippen molar-refractivity contribution >= 4 is 34.9 Å². The van der Waals surface area contributed by atoms with Crippen LogP contribution in [0.5, 0.6) is 5.75 Å². The molecule has 0 atom stereocenters. The summed E-state index contributed by atoms with van der Waals surface area (Å²) in [6.45, 7) is -0.935. The molecular formula is C14H11ClO6S. The van der Waals surface area contributed by atoms with E-state index in [9.17, 15) is 19.8 Å². The Balaban J connectivity index is 2.56. The summed E-state index contributed by atoms with van der Waals surface area (Å²) in [5, 5.41) is 27.3. The Morgan fingerprint density at radius 2 is 1.91 bits per heavy atom. The van der Waals surface area contributed by atoms with Crippen LogP contribution in [0.2, 0.25) is 5.02 Å². The molecule has 1 aromatic carbocycles. The number of rotatable bonds is 6. The SMILES string of the molecule is O=C(O)COc1c(C(=O)O)sc(-c2ccccc2CO)c1Cl. The summed E-state index contributed by atoms with van der Waals surface area (Å²) >= 11 is 7.04. The fourth-order valence-electron chi connectivity index (χ4n) is 1.85. The van der Waals surface area contributed by atoms with Crippen LogP contribution in [0.4, 0.5) is 0 Å². The van der Waals surface area contributed by atoms with Gasteiger partial charge in [-0.05, 0) is 11.1 Å². The van der Waals surface area contributed by atoms with E-state index < -0.39 is 18.5 Å².